The van der Waals surface area contributed by atoms with Crippen molar-refractivity contribution in [3.63, 3.8) is 0 Å². The first-order chi connectivity index (χ1) is 15.2. The molecular formula is C30H47F. The summed E-state index contributed by atoms with van der Waals surface area (Å²) in [6.07, 6.45) is 22.3. The molecule has 0 bridgehead atoms. The van der Waals surface area contributed by atoms with Gasteiger partial charge >= 0.3 is 0 Å². The van der Waals surface area contributed by atoms with Crippen LogP contribution in [-0.2, 0) is 12.8 Å². The molecule has 174 valence electrons. The molecule has 0 amide bonds. The van der Waals surface area contributed by atoms with Crippen molar-refractivity contribution >= 4 is 0 Å². The molecule has 3 aliphatic rings. The van der Waals surface area contributed by atoms with Gasteiger partial charge in [0.2, 0.25) is 0 Å². The maximum atomic E-state index is 15.6. The third-order valence-corrected chi connectivity index (χ3v) is 9.26. The van der Waals surface area contributed by atoms with Gasteiger partial charge in [-0.1, -0.05) is 83.8 Å². The van der Waals surface area contributed by atoms with Crippen LogP contribution >= 0.6 is 0 Å². The second kappa shape index (κ2) is 11.3. The first-order valence-corrected chi connectivity index (χ1v) is 14.0. The second-order valence-corrected chi connectivity index (χ2v) is 11.4. The van der Waals surface area contributed by atoms with Crippen LogP contribution in [0.2, 0.25) is 0 Å². The van der Waals surface area contributed by atoms with E-state index in [0.717, 1.165) is 47.6 Å². The molecule has 1 heteroatoms. The molecule has 3 aliphatic carbocycles. The molecule has 4 rings (SSSR count). The van der Waals surface area contributed by atoms with Gasteiger partial charge in [0.15, 0.2) is 0 Å². The second-order valence-electron chi connectivity index (χ2n) is 11.4. The molecule has 0 nitrogen and oxygen atoms in total. The van der Waals surface area contributed by atoms with Crippen molar-refractivity contribution in [1.29, 1.82) is 0 Å². The Kier molecular flexibility index (Phi) is 8.52. The van der Waals surface area contributed by atoms with Crippen molar-refractivity contribution in [2.75, 3.05) is 0 Å². The van der Waals surface area contributed by atoms with Crippen molar-refractivity contribution in [2.24, 2.45) is 23.7 Å². The van der Waals surface area contributed by atoms with E-state index in [4.69, 9.17) is 0 Å². The Hall–Kier alpha value is -0.850. The summed E-state index contributed by atoms with van der Waals surface area (Å²) in [5.41, 5.74) is 3.50. The third kappa shape index (κ3) is 5.75. The standard InChI is InChI=1S/C30H47F/c1-3-5-6-7-8-10-23-12-17-28-26(20-23)16-18-29(30(28)31)27-15-14-24-19-22(9-4-2)11-13-25(24)21-27/h16,18,22-25,27H,3-15,17,19-21H2,1-2H3. The van der Waals surface area contributed by atoms with E-state index in [2.05, 4.69) is 26.0 Å². The van der Waals surface area contributed by atoms with Gasteiger partial charge in [-0.2, -0.15) is 0 Å². The van der Waals surface area contributed by atoms with E-state index in [-0.39, 0.29) is 5.82 Å². The van der Waals surface area contributed by atoms with E-state index in [1.54, 1.807) is 0 Å². The first kappa shape index (κ1) is 23.3. The lowest BCUT2D eigenvalue weighted by Gasteiger charge is -2.42. The van der Waals surface area contributed by atoms with Crippen LogP contribution in [0.25, 0.3) is 0 Å². The molecular weight excluding hydrogens is 379 g/mol. The molecule has 2 fully saturated rings. The molecule has 2 saturated carbocycles. The summed E-state index contributed by atoms with van der Waals surface area (Å²) >= 11 is 0. The van der Waals surface area contributed by atoms with Crippen LogP contribution in [0, 0.1) is 29.5 Å². The molecule has 0 radical (unpaired) electrons. The fourth-order valence-corrected chi connectivity index (χ4v) is 7.44. The van der Waals surface area contributed by atoms with E-state index < -0.39 is 0 Å². The number of halogens is 1. The van der Waals surface area contributed by atoms with Crippen LogP contribution in [0.5, 0.6) is 0 Å². The van der Waals surface area contributed by atoms with Gasteiger partial charge in [0, 0.05) is 0 Å². The van der Waals surface area contributed by atoms with Crippen molar-refractivity contribution < 1.29 is 4.39 Å². The van der Waals surface area contributed by atoms with Crippen LogP contribution in [0.4, 0.5) is 4.39 Å². The number of unbranched alkanes of at least 4 members (excludes halogenated alkanes) is 4. The molecule has 31 heavy (non-hydrogen) atoms. The summed E-state index contributed by atoms with van der Waals surface area (Å²) in [5.74, 6) is 4.23. The summed E-state index contributed by atoms with van der Waals surface area (Å²) < 4.78 is 15.6. The topological polar surface area (TPSA) is 0 Å². The molecule has 5 unspecified atom stereocenters. The van der Waals surface area contributed by atoms with Crippen molar-refractivity contribution in [3.8, 4) is 0 Å². The van der Waals surface area contributed by atoms with Crippen LogP contribution in [0.3, 0.4) is 0 Å². The van der Waals surface area contributed by atoms with Gasteiger partial charge in [-0.15, -0.1) is 0 Å². The van der Waals surface area contributed by atoms with Gasteiger partial charge in [0.05, 0.1) is 0 Å². The van der Waals surface area contributed by atoms with Crippen LogP contribution < -0.4 is 0 Å². The average Bonchev–Trinajstić information content (AvgIpc) is 2.79. The Morgan fingerprint density at radius 3 is 2.42 bits per heavy atom. The Morgan fingerprint density at radius 2 is 1.58 bits per heavy atom. The molecule has 1 aromatic carbocycles. The maximum Gasteiger partial charge on any atom is 0.130 e. The van der Waals surface area contributed by atoms with Crippen molar-refractivity contribution in [3.05, 3.63) is 34.6 Å². The van der Waals surface area contributed by atoms with Gasteiger partial charge in [-0.05, 0) is 97.6 Å². The van der Waals surface area contributed by atoms with Gasteiger partial charge in [-0.3, -0.25) is 0 Å². The lowest BCUT2D eigenvalue weighted by atomic mass is 9.63. The summed E-state index contributed by atoms with van der Waals surface area (Å²) in [7, 11) is 0. The third-order valence-electron chi connectivity index (χ3n) is 9.26. The fraction of sp³-hybridized carbons (Fsp3) is 0.800. The van der Waals surface area contributed by atoms with Crippen LogP contribution in [0.1, 0.15) is 133 Å². The Bertz CT molecular complexity index is 692. The van der Waals surface area contributed by atoms with Crippen molar-refractivity contribution in [2.45, 2.75) is 129 Å². The van der Waals surface area contributed by atoms with E-state index in [1.807, 2.05) is 0 Å². The van der Waals surface area contributed by atoms with E-state index in [9.17, 15) is 0 Å². The molecule has 0 aromatic heterocycles. The molecule has 0 heterocycles. The smallest absolute Gasteiger partial charge is 0.130 e. The Labute approximate surface area is 191 Å². The highest BCUT2D eigenvalue weighted by Crippen LogP contribution is 2.49. The van der Waals surface area contributed by atoms with Gasteiger partial charge in [-0.25, -0.2) is 4.39 Å². The average molecular weight is 427 g/mol. The summed E-state index contributed by atoms with van der Waals surface area (Å²) in [4.78, 5) is 0. The maximum absolute atomic E-state index is 15.6. The predicted molar refractivity (Wildman–Crippen MR) is 131 cm³/mol. The molecule has 1 aromatic rings. The molecule has 0 N–H and O–H groups in total. The first-order valence-electron chi connectivity index (χ1n) is 14.0. The monoisotopic (exact) mass is 426 g/mol. The summed E-state index contributed by atoms with van der Waals surface area (Å²) in [5, 5.41) is 0. The highest BCUT2D eigenvalue weighted by molar-refractivity contribution is 5.38. The largest absolute Gasteiger partial charge is 0.206 e. The summed E-state index contributed by atoms with van der Waals surface area (Å²) in [6, 6.07) is 4.52. The summed E-state index contributed by atoms with van der Waals surface area (Å²) in [6.45, 7) is 4.61. The van der Waals surface area contributed by atoms with Crippen LogP contribution in [-0.4, -0.2) is 0 Å². The zero-order valence-corrected chi connectivity index (χ0v) is 20.4. The SMILES string of the molecule is CCCCCCCC1CCc2c(ccc(C3CCC4CC(CCC)CCC4C3)c2F)C1. The van der Waals surface area contributed by atoms with Crippen molar-refractivity contribution in [1.82, 2.24) is 0 Å². The van der Waals surface area contributed by atoms with E-state index in [0.29, 0.717) is 5.92 Å². The Morgan fingerprint density at radius 1 is 0.774 bits per heavy atom. The minimum atomic E-state index is 0.196. The molecule has 5 atom stereocenters. The minimum absolute atomic E-state index is 0.196. The zero-order chi connectivity index (χ0) is 21.6. The number of hydrogen-bond acceptors (Lipinski definition) is 0. The molecule has 0 saturated heterocycles. The lowest BCUT2D eigenvalue weighted by molar-refractivity contribution is 0.113. The number of benzene rings is 1. The Balaban J connectivity index is 1.33. The minimum Gasteiger partial charge on any atom is -0.206 e. The van der Waals surface area contributed by atoms with E-state index >= 15 is 4.39 Å². The van der Waals surface area contributed by atoms with Gasteiger partial charge in [0.1, 0.15) is 5.82 Å². The highest BCUT2D eigenvalue weighted by Gasteiger charge is 2.37. The van der Waals surface area contributed by atoms with E-state index in [1.165, 1.54) is 102 Å². The van der Waals surface area contributed by atoms with Gasteiger partial charge < -0.3 is 0 Å². The fourth-order valence-electron chi connectivity index (χ4n) is 7.44. The van der Waals surface area contributed by atoms with Crippen LogP contribution in [0.15, 0.2) is 12.1 Å². The number of hydrogen-bond donors (Lipinski definition) is 0. The molecule has 0 spiro atoms. The zero-order valence-electron chi connectivity index (χ0n) is 20.4. The normalized spacial score (nSPS) is 30.6. The predicted octanol–water partition coefficient (Wildman–Crippen LogP) is 9.39. The number of fused-ring (bicyclic) bond motifs is 2. The quantitative estimate of drug-likeness (QED) is 0.345. The highest BCUT2D eigenvalue weighted by atomic mass is 19.1. The van der Waals surface area contributed by atoms with Gasteiger partial charge in [0.25, 0.3) is 0 Å². The molecule has 0 aliphatic heterocycles. The lowest BCUT2D eigenvalue weighted by Crippen LogP contribution is -2.31. The number of rotatable bonds is 9.